The lowest BCUT2D eigenvalue weighted by Gasteiger charge is -2.44. The molecule has 0 spiro atoms. The van der Waals surface area contributed by atoms with Crippen molar-refractivity contribution < 1.29 is 37.0 Å². The number of methoxy groups -OCH3 is 1. The van der Waals surface area contributed by atoms with Crippen LogP contribution in [0.3, 0.4) is 0 Å². The summed E-state index contributed by atoms with van der Waals surface area (Å²) in [5.74, 6) is -1.68. The Kier molecular flexibility index (Phi) is 6.25. The predicted molar refractivity (Wildman–Crippen MR) is 99.5 cm³/mol. The monoisotopic (exact) mass is 428 g/mol. The van der Waals surface area contributed by atoms with E-state index in [1.165, 1.54) is 31.4 Å². The summed E-state index contributed by atoms with van der Waals surface area (Å²) in [5, 5.41) is 2.06. The van der Waals surface area contributed by atoms with E-state index in [4.69, 9.17) is 14.2 Å². The van der Waals surface area contributed by atoms with Crippen LogP contribution in [0, 0.1) is 0 Å². The number of nitrogens with zero attached hydrogens (tertiary/aromatic N) is 1. The molecule has 1 saturated heterocycles. The first-order valence-corrected chi connectivity index (χ1v) is 9.50. The van der Waals surface area contributed by atoms with Crippen molar-refractivity contribution in [3.8, 4) is 5.75 Å². The third kappa shape index (κ3) is 3.96. The highest BCUT2D eigenvalue weighted by atomic mass is 19.4. The molecule has 0 aliphatic carbocycles. The van der Waals surface area contributed by atoms with E-state index in [1.807, 2.05) is 0 Å². The fraction of sp³-hybridized carbons (Fsp3) is 0.500. The lowest BCUT2D eigenvalue weighted by molar-refractivity contribution is -0.205. The van der Waals surface area contributed by atoms with Crippen LogP contribution in [-0.4, -0.2) is 63.0 Å². The fourth-order valence-corrected chi connectivity index (χ4v) is 3.67. The number of alkyl halides is 3. The smallest absolute Gasteiger partial charge is 0.416 e. The van der Waals surface area contributed by atoms with Gasteiger partial charge in [-0.1, -0.05) is 12.1 Å². The van der Waals surface area contributed by atoms with Gasteiger partial charge in [-0.15, -0.1) is 0 Å². The Labute approximate surface area is 171 Å². The van der Waals surface area contributed by atoms with E-state index < -0.39 is 35.6 Å². The van der Waals surface area contributed by atoms with Crippen molar-refractivity contribution >= 4 is 11.9 Å². The summed E-state index contributed by atoms with van der Waals surface area (Å²) in [5.41, 5.74) is -3.24. The molecule has 2 aliphatic heterocycles. The quantitative estimate of drug-likeness (QED) is 0.572. The molecule has 30 heavy (non-hydrogen) atoms. The third-order valence-electron chi connectivity index (χ3n) is 5.21. The Balaban J connectivity index is 2.14. The average Bonchev–Trinajstić information content (AvgIpc) is 2.73. The van der Waals surface area contributed by atoms with Crippen LogP contribution in [-0.2, 0) is 24.6 Å². The summed E-state index contributed by atoms with van der Waals surface area (Å²) in [6.45, 7) is 2.65. The molecule has 1 unspecified atom stereocenters. The van der Waals surface area contributed by atoms with Gasteiger partial charge in [-0.3, -0.25) is 4.79 Å². The number of esters is 1. The van der Waals surface area contributed by atoms with Crippen molar-refractivity contribution in [2.75, 3.05) is 40.0 Å². The summed E-state index contributed by atoms with van der Waals surface area (Å²) < 4.78 is 58.5. The van der Waals surface area contributed by atoms with Crippen molar-refractivity contribution in [1.82, 2.24) is 10.2 Å². The zero-order valence-electron chi connectivity index (χ0n) is 16.7. The Morgan fingerprint density at radius 1 is 1.23 bits per heavy atom. The Morgan fingerprint density at radius 3 is 2.40 bits per heavy atom. The van der Waals surface area contributed by atoms with Gasteiger partial charge in [0.2, 0.25) is 0 Å². The zero-order chi connectivity index (χ0) is 21.9. The first kappa shape index (κ1) is 21.9. The van der Waals surface area contributed by atoms with Gasteiger partial charge in [0.1, 0.15) is 11.3 Å². The topological polar surface area (TPSA) is 77.1 Å². The summed E-state index contributed by atoms with van der Waals surface area (Å²) >= 11 is 0. The molecule has 0 radical (unpaired) electrons. The van der Waals surface area contributed by atoms with Gasteiger partial charge in [0.15, 0.2) is 5.54 Å². The van der Waals surface area contributed by atoms with Gasteiger partial charge in [-0.05, 0) is 24.6 Å². The molecule has 1 amide bonds. The molecule has 0 bridgehead atoms. The van der Waals surface area contributed by atoms with E-state index in [9.17, 15) is 22.8 Å². The minimum atomic E-state index is -4.82. The molecule has 0 aromatic heterocycles. The molecule has 7 nitrogen and oxygen atoms in total. The zero-order valence-corrected chi connectivity index (χ0v) is 16.7. The lowest BCUT2D eigenvalue weighted by Crippen LogP contribution is -2.61. The first-order valence-electron chi connectivity index (χ1n) is 9.50. The van der Waals surface area contributed by atoms with Crippen molar-refractivity contribution in [2.45, 2.75) is 25.1 Å². The molecular weight excluding hydrogens is 405 g/mol. The van der Waals surface area contributed by atoms with Crippen LogP contribution in [0.5, 0.6) is 5.75 Å². The number of carbonyl (C=O) groups excluding carboxylic acids is 2. The minimum absolute atomic E-state index is 0.00506. The second-order valence-corrected chi connectivity index (χ2v) is 6.90. The van der Waals surface area contributed by atoms with Crippen LogP contribution >= 0.6 is 0 Å². The van der Waals surface area contributed by atoms with Gasteiger partial charge in [-0.25, -0.2) is 4.79 Å². The van der Waals surface area contributed by atoms with Crippen LogP contribution < -0.4 is 10.1 Å². The van der Waals surface area contributed by atoms with Gasteiger partial charge < -0.3 is 24.4 Å². The van der Waals surface area contributed by atoms with E-state index >= 15 is 0 Å². The van der Waals surface area contributed by atoms with Crippen LogP contribution in [0.4, 0.5) is 13.2 Å². The van der Waals surface area contributed by atoms with E-state index in [1.54, 1.807) is 11.8 Å². The molecule has 10 heteroatoms. The number of hydrogen-bond donors (Lipinski definition) is 1. The van der Waals surface area contributed by atoms with Crippen LogP contribution in [0.2, 0.25) is 0 Å². The summed E-state index contributed by atoms with van der Waals surface area (Å²) in [6.07, 6.45) is -5.46. The van der Waals surface area contributed by atoms with Gasteiger partial charge in [-0.2, -0.15) is 13.2 Å². The fourth-order valence-electron chi connectivity index (χ4n) is 3.67. The molecule has 3 rings (SSSR count). The van der Waals surface area contributed by atoms with Gasteiger partial charge >= 0.3 is 12.1 Å². The second kappa shape index (κ2) is 8.55. The maximum absolute atomic E-state index is 14.4. The molecule has 2 aliphatic rings. The molecule has 2 heterocycles. The number of amides is 1. The van der Waals surface area contributed by atoms with Crippen molar-refractivity contribution in [3.63, 3.8) is 0 Å². The number of benzene rings is 1. The summed E-state index contributed by atoms with van der Waals surface area (Å²) in [6, 6.07) is 5.32. The van der Waals surface area contributed by atoms with Crippen LogP contribution in [0.15, 0.2) is 35.5 Å². The van der Waals surface area contributed by atoms with Crippen molar-refractivity contribution in [3.05, 3.63) is 41.1 Å². The highest BCUT2D eigenvalue weighted by Crippen LogP contribution is 2.47. The highest BCUT2D eigenvalue weighted by Gasteiger charge is 2.60. The maximum atomic E-state index is 14.4. The predicted octanol–water partition coefficient (Wildman–Crippen LogP) is 2.12. The van der Waals surface area contributed by atoms with E-state index in [2.05, 4.69) is 5.32 Å². The number of rotatable bonds is 5. The number of halogens is 3. The number of hydrogen-bond acceptors (Lipinski definition) is 6. The number of carbonyl (C=O) groups is 2. The maximum Gasteiger partial charge on any atom is 0.416 e. The molecule has 1 fully saturated rings. The number of ether oxygens (including phenoxy) is 3. The van der Waals surface area contributed by atoms with Gasteiger partial charge in [0.05, 0.1) is 26.9 Å². The standard InChI is InChI=1S/C20H23F3N2O5/c1-3-30-18(27)16-15(25-8-10-29-11-9-25)12-19(20(21,22)23,24-17(16)26)13-4-6-14(28-2)7-5-13/h4-7H,3,8-12H2,1-2H3,(H,24,26). The Hall–Kier alpha value is -2.75. The lowest BCUT2D eigenvalue weighted by atomic mass is 9.80. The number of nitrogens with one attached hydrogen (secondary N) is 1. The molecule has 1 aromatic rings. The largest absolute Gasteiger partial charge is 0.497 e. The molecule has 1 atom stereocenters. The molecule has 1 N–H and O–H groups in total. The molecular formula is C20H23F3N2O5. The summed E-state index contributed by atoms with van der Waals surface area (Å²) in [4.78, 5) is 26.9. The Bertz CT molecular complexity index is 832. The second-order valence-electron chi connectivity index (χ2n) is 6.90. The SMILES string of the molecule is CCOC(=O)C1=C(N2CCOCC2)CC(c2ccc(OC)cc2)(C(F)(F)F)NC1=O. The Morgan fingerprint density at radius 2 is 1.87 bits per heavy atom. The molecule has 1 aromatic carbocycles. The summed E-state index contributed by atoms with van der Waals surface area (Å²) in [7, 11) is 1.40. The molecule has 0 saturated carbocycles. The highest BCUT2D eigenvalue weighted by molar-refractivity contribution is 6.17. The van der Waals surface area contributed by atoms with E-state index in [0.29, 0.717) is 5.75 Å². The van der Waals surface area contributed by atoms with Gasteiger partial charge in [0.25, 0.3) is 5.91 Å². The minimum Gasteiger partial charge on any atom is -0.497 e. The van der Waals surface area contributed by atoms with Gasteiger partial charge in [0, 0.05) is 25.2 Å². The normalized spacial score (nSPS) is 22.6. The van der Waals surface area contributed by atoms with Crippen molar-refractivity contribution in [1.29, 1.82) is 0 Å². The van der Waals surface area contributed by atoms with Crippen molar-refractivity contribution in [2.24, 2.45) is 0 Å². The average molecular weight is 428 g/mol. The van der Waals surface area contributed by atoms with E-state index in [-0.39, 0.29) is 44.2 Å². The van der Waals surface area contributed by atoms with Crippen LogP contribution in [0.1, 0.15) is 18.9 Å². The number of morpholine rings is 1. The first-order chi connectivity index (χ1) is 14.2. The van der Waals surface area contributed by atoms with Crippen LogP contribution in [0.25, 0.3) is 0 Å². The third-order valence-corrected chi connectivity index (χ3v) is 5.21. The molecule has 164 valence electrons. The van der Waals surface area contributed by atoms with E-state index in [0.717, 1.165) is 0 Å².